The number of nitrogens with zero attached hydrogens (tertiary/aromatic N) is 4. The molecule has 0 atom stereocenters. The number of alkyl halides is 3. The monoisotopic (exact) mass is 512 g/mol. The van der Waals surface area contributed by atoms with Crippen molar-refractivity contribution in [2.45, 2.75) is 6.18 Å². The van der Waals surface area contributed by atoms with Crippen molar-refractivity contribution in [2.24, 2.45) is 0 Å². The summed E-state index contributed by atoms with van der Waals surface area (Å²) < 4.78 is 59.4. The van der Waals surface area contributed by atoms with E-state index >= 15 is 0 Å². The summed E-state index contributed by atoms with van der Waals surface area (Å²) in [7, 11) is 0. The molecule has 2 aromatic carbocycles. The van der Waals surface area contributed by atoms with Crippen LogP contribution in [0.25, 0.3) is 32.2 Å². The molecular formula is C21H17ClF4N6OS. The van der Waals surface area contributed by atoms with Gasteiger partial charge >= 0.3 is 6.18 Å². The molecule has 34 heavy (non-hydrogen) atoms. The van der Waals surface area contributed by atoms with Gasteiger partial charge in [0.1, 0.15) is 23.5 Å². The summed E-state index contributed by atoms with van der Waals surface area (Å²) in [6, 6.07) is 4.17. The van der Waals surface area contributed by atoms with Crippen LogP contribution in [-0.2, 0) is 0 Å². The summed E-state index contributed by atoms with van der Waals surface area (Å²) in [6.45, 7) is 1.20. The minimum Gasteiger partial charge on any atom is -0.481 e. The number of aromatic nitrogens is 3. The first-order valence-corrected chi connectivity index (χ1v) is 11.4. The normalized spacial score (nSPS) is 14.8. The molecular weight excluding hydrogens is 496 g/mol. The zero-order chi connectivity index (χ0) is 24.0. The van der Waals surface area contributed by atoms with Gasteiger partial charge in [0.25, 0.3) is 0 Å². The molecule has 1 saturated heterocycles. The first kappa shape index (κ1) is 22.8. The number of fused-ring (bicyclic) bond motifs is 2. The Labute approximate surface area is 199 Å². The molecule has 178 valence electrons. The first-order chi connectivity index (χ1) is 16.2. The van der Waals surface area contributed by atoms with E-state index in [2.05, 4.69) is 20.3 Å². The Hall–Kier alpha value is -2.96. The van der Waals surface area contributed by atoms with Crippen molar-refractivity contribution in [2.75, 3.05) is 43.4 Å². The van der Waals surface area contributed by atoms with Crippen LogP contribution in [0, 0.1) is 5.82 Å². The third kappa shape index (κ3) is 4.17. The molecule has 1 aliphatic rings. The average Bonchev–Trinajstić information content (AvgIpc) is 3.20. The lowest BCUT2D eigenvalue weighted by molar-refractivity contribution is -0.153. The first-order valence-electron chi connectivity index (χ1n) is 10.2. The Kier molecular flexibility index (Phi) is 5.82. The highest BCUT2D eigenvalue weighted by atomic mass is 35.5. The highest BCUT2D eigenvalue weighted by Gasteiger charge is 2.31. The molecule has 5 rings (SSSR count). The highest BCUT2D eigenvalue weighted by Crippen LogP contribution is 2.47. The largest absolute Gasteiger partial charge is 0.481 e. The summed E-state index contributed by atoms with van der Waals surface area (Å²) in [5.74, 6) is -0.192. The summed E-state index contributed by atoms with van der Waals surface area (Å²) in [5, 5.41) is 3.89. The number of nitrogens with two attached hydrogens (primary N) is 1. The SMILES string of the molecule is Nc1nc2c(-c3c(Cl)cc4c(N5CCNCC5)ncnc4c3OCC(F)(F)F)ccc(F)c2s1. The van der Waals surface area contributed by atoms with Gasteiger partial charge in [-0.05, 0) is 18.2 Å². The van der Waals surface area contributed by atoms with Crippen LogP contribution in [0.2, 0.25) is 5.02 Å². The van der Waals surface area contributed by atoms with E-state index in [-0.39, 0.29) is 42.8 Å². The Morgan fingerprint density at radius 3 is 2.68 bits per heavy atom. The van der Waals surface area contributed by atoms with E-state index in [4.69, 9.17) is 22.1 Å². The lowest BCUT2D eigenvalue weighted by Crippen LogP contribution is -2.44. The number of piperazine rings is 1. The predicted molar refractivity (Wildman–Crippen MR) is 124 cm³/mol. The quantitative estimate of drug-likeness (QED) is 0.385. The molecule has 13 heteroatoms. The van der Waals surface area contributed by atoms with Crippen molar-refractivity contribution < 1.29 is 22.3 Å². The molecule has 7 nitrogen and oxygen atoms in total. The molecule has 0 spiro atoms. The Bertz CT molecular complexity index is 1390. The number of anilines is 2. The van der Waals surface area contributed by atoms with Crippen LogP contribution in [0.3, 0.4) is 0 Å². The van der Waals surface area contributed by atoms with Gasteiger partial charge in [0.2, 0.25) is 0 Å². The molecule has 1 aliphatic heterocycles. The predicted octanol–water partition coefficient (Wildman–Crippen LogP) is 4.63. The summed E-state index contributed by atoms with van der Waals surface area (Å²) in [6.07, 6.45) is -3.33. The number of benzene rings is 2. The standard InChI is InChI=1S/C21H17ClF4N6OS/c22-12-7-11-15(29-9-30-19(11)32-5-3-28-4-6-32)17(33-8-21(24,25)26)14(12)10-1-2-13(23)18-16(10)31-20(27)34-18/h1-2,7,9,28H,3-6,8H2,(H2,27,31). The summed E-state index contributed by atoms with van der Waals surface area (Å²) >= 11 is 7.59. The van der Waals surface area contributed by atoms with E-state index in [1.807, 2.05) is 4.90 Å². The average molecular weight is 513 g/mol. The molecule has 2 aromatic heterocycles. The van der Waals surface area contributed by atoms with E-state index in [0.29, 0.717) is 24.3 Å². The van der Waals surface area contributed by atoms with Gasteiger partial charge in [0.05, 0.1) is 15.2 Å². The van der Waals surface area contributed by atoms with E-state index in [1.165, 1.54) is 18.5 Å². The molecule has 0 radical (unpaired) electrons. The maximum Gasteiger partial charge on any atom is 0.422 e. The third-order valence-corrected chi connectivity index (χ3v) is 6.58. The molecule has 0 bridgehead atoms. The number of hydrogen-bond acceptors (Lipinski definition) is 8. The van der Waals surface area contributed by atoms with Gasteiger partial charge in [-0.3, -0.25) is 0 Å². The Morgan fingerprint density at radius 2 is 1.94 bits per heavy atom. The van der Waals surface area contributed by atoms with Gasteiger partial charge in [-0.15, -0.1) is 0 Å². The van der Waals surface area contributed by atoms with E-state index in [9.17, 15) is 17.6 Å². The van der Waals surface area contributed by atoms with E-state index in [0.717, 1.165) is 24.4 Å². The van der Waals surface area contributed by atoms with Crippen LogP contribution < -0.4 is 20.7 Å². The molecule has 0 amide bonds. The van der Waals surface area contributed by atoms with Gasteiger partial charge in [-0.1, -0.05) is 22.9 Å². The fourth-order valence-electron chi connectivity index (χ4n) is 3.99. The number of nitrogen functional groups attached to an aromatic ring is 1. The van der Waals surface area contributed by atoms with Crippen molar-refractivity contribution in [3.63, 3.8) is 0 Å². The number of halogens is 5. The van der Waals surface area contributed by atoms with E-state index in [1.54, 1.807) is 6.07 Å². The molecule has 3 heterocycles. The maximum absolute atomic E-state index is 14.4. The zero-order valence-electron chi connectivity index (χ0n) is 17.4. The minimum atomic E-state index is -4.61. The molecule has 3 N–H and O–H groups in total. The van der Waals surface area contributed by atoms with Gasteiger partial charge < -0.3 is 20.7 Å². The van der Waals surface area contributed by atoms with Crippen molar-refractivity contribution in [1.29, 1.82) is 0 Å². The second-order valence-corrected chi connectivity index (χ2v) is 9.06. The van der Waals surface area contributed by atoms with Crippen LogP contribution >= 0.6 is 22.9 Å². The van der Waals surface area contributed by atoms with Crippen LogP contribution in [0.15, 0.2) is 24.5 Å². The lowest BCUT2D eigenvalue weighted by atomic mass is 10.0. The van der Waals surface area contributed by atoms with Crippen molar-refractivity contribution in [3.8, 4) is 16.9 Å². The number of ether oxygens (including phenoxy) is 1. The molecule has 0 aliphatic carbocycles. The smallest absolute Gasteiger partial charge is 0.422 e. The molecule has 4 aromatic rings. The number of thiazole rings is 1. The second kappa shape index (κ2) is 8.67. The Balaban J connectivity index is 1.78. The minimum absolute atomic E-state index is 0.0929. The molecule has 0 unspecified atom stereocenters. The number of hydrogen-bond donors (Lipinski definition) is 2. The zero-order valence-corrected chi connectivity index (χ0v) is 19.0. The fraction of sp³-hybridized carbons (Fsp3) is 0.286. The molecule has 1 fully saturated rings. The second-order valence-electron chi connectivity index (χ2n) is 7.62. The maximum atomic E-state index is 14.4. The van der Waals surface area contributed by atoms with Gasteiger partial charge in [0, 0.05) is 42.7 Å². The fourth-order valence-corrected chi connectivity index (χ4v) is 5.05. The van der Waals surface area contributed by atoms with Crippen molar-refractivity contribution in [3.05, 3.63) is 35.4 Å². The Morgan fingerprint density at radius 1 is 1.18 bits per heavy atom. The van der Waals surface area contributed by atoms with E-state index < -0.39 is 18.6 Å². The van der Waals surface area contributed by atoms with Crippen LogP contribution in [0.5, 0.6) is 5.75 Å². The topological polar surface area (TPSA) is 89.2 Å². The van der Waals surface area contributed by atoms with Gasteiger partial charge in [-0.25, -0.2) is 19.3 Å². The summed E-state index contributed by atoms with van der Waals surface area (Å²) in [4.78, 5) is 14.8. The van der Waals surface area contributed by atoms with Crippen LogP contribution in [0.4, 0.5) is 28.5 Å². The summed E-state index contributed by atoms with van der Waals surface area (Å²) in [5.41, 5.74) is 6.54. The van der Waals surface area contributed by atoms with Crippen LogP contribution in [-0.4, -0.2) is 53.9 Å². The van der Waals surface area contributed by atoms with Crippen molar-refractivity contribution in [1.82, 2.24) is 20.3 Å². The third-order valence-electron chi connectivity index (χ3n) is 5.39. The lowest BCUT2D eigenvalue weighted by Gasteiger charge is -2.29. The van der Waals surface area contributed by atoms with Crippen molar-refractivity contribution >= 4 is 55.0 Å². The van der Waals surface area contributed by atoms with Crippen LogP contribution in [0.1, 0.15) is 0 Å². The highest BCUT2D eigenvalue weighted by molar-refractivity contribution is 7.22. The van der Waals surface area contributed by atoms with Gasteiger partial charge in [-0.2, -0.15) is 13.2 Å². The number of rotatable bonds is 4. The number of nitrogens with one attached hydrogen (secondary N) is 1. The van der Waals surface area contributed by atoms with Gasteiger partial charge in [0.15, 0.2) is 17.5 Å². The molecule has 0 saturated carbocycles.